The number of thiazole rings is 1. The molecule has 0 radical (unpaired) electrons. The monoisotopic (exact) mass is 429 g/mol. The number of unbranched alkanes of at least 4 members (excludes halogenated alkanes) is 1. The number of fused-ring (bicyclic) bond motifs is 1. The third-order valence-corrected chi connectivity index (χ3v) is 5.42. The Morgan fingerprint density at radius 3 is 2.79 bits per heavy atom. The summed E-state index contributed by atoms with van der Waals surface area (Å²) in [6.07, 6.45) is 6.55. The Balaban J connectivity index is 1.57. The first-order valence-electron chi connectivity index (χ1n) is 8.98. The van der Waals surface area contributed by atoms with Gasteiger partial charge in [-0.15, -0.1) is 0 Å². The molecule has 7 heteroatoms. The van der Waals surface area contributed by atoms with E-state index in [9.17, 15) is 4.79 Å². The van der Waals surface area contributed by atoms with E-state index in [0.29, 0.717) is 10.2 Å². The largest absolute Gasteiger partial charge is 0.308 e. The van der Waals surface area contributed by atoms with E-state index >= 15 is 0 Å². The van der Waals surface area contributed by atoms with E-state index in [1.807, 2.05) is 18.2 Å². The van der Waals surface area contributed by atoms with Crippen LogP contribution in [0.2, 0.25) is 5.02 Å². The van der Waals surface area contributed by atoms with Crippen molar-refractivity contribution in [1.29, 1.82) is 0 Å². The van der Waals surface area contributed by atoms with Crippen molar-refractivity contribution in [2.75, 3.05) is 5.32 Å². The third kappa shape index (κ3) is 5.86. The van der Waals surface area contributed by atoms with E-state index in [4.69, 9.17) is 23.8 Å². The molecule has 1 aromatic heterocycles. The maximum atomic E-state index is 12.0. The number of hydrogen-bond acceptors (Lipinski definition) is 4. The molecular weight excluding hydrogens is 410 g/mol. The van der Waals surface area contributed by atoms with E-state index in [2.05, 4.69) is 34.7 Å². The minimum Gasteiger partial charge on any atom is -0.308 e. The molecule has 3 aromatic rings. The smallest absolute Gasteiger partial charge is 0.250 e. The first-order chi connectivity index (χ1) is 13.5. The summed E-state index contributed by atoms with van der Waals surface area (Å²) in [6, 6.07) is 13.5. The number of halogens is 1. The topological polar surface area (TPSA) is 54.0 Å². The van der Waals surface area contributed by atoms with Crippen LogP contribution < -0.4 is 10.6 Å². The van der Waals surface area contributed by atoms with Gasteiger partial charge in [0.15, 0.2) is 10.2 Å². The molecule has 3 rings (SSSR count). The van der Waals surface area contributed by atoms with Crippen LogP contribution in [0, 0.1) is 0 Å². The van der Waals surface area contributed by atoms with Gasteiger partial charge in [0, 0.05) is 11.1 Å². The molecule has 0 aliphatic rings. The predicted molar refractivity (Wildman–Crippen MR) is 123 cm³/mol. The summed E-state index contributed by atoms with van der Waals surface area (Å²) in [5, 5.41) is 7.15. The molecule has 0 saturated heterocycles. The lowest BCUT2D eigenvalue weighted by atomic mass is 10.1. The van der Waals surface area contributed by atoms with Gasteiger partial charge in [-0.1, -0.05) is 54.5 Å². The summed E-state index contributed by atoms with van der Waals surface area (Å²) in [6.45, 7) is 2.19. The van der Waals surface area contributed by atoms with Crippen molar-refractivity contribution in [3.8, 4) is 0 Å². The summed E-state index contributed by atoms with van der Waals surface area (Å²) in [5.74, 6) is -0.310. The average molecular weight is 430 g/mol. The molecule has 0 atom stereocenters. The second-order valence-electron chi connectivity index (χ2n) is 6.25. The Morgan fingerprint density at radius 1 is 1.25 bits per heavy atom. The molecule has 0 aliphatic heterocycles. The Labute approximate surface area is 178 Å². The molecule has 4 nitrogen and oxygen atoms in total. The lowest BCUT2D eigenvalue weighted by Gasteiger charge is -2.04. The van der Waals surface area contributed by atoms with Crippen LogP contribution in [-0.2, 0) is 11.2 Å². The van der Waals surface area contributed by atoms with Crippen LogP contribution in [0.4, 0.5) is 5.13 Å². The SMILES string of the molecule is CCCCc1ccc2nc(NC(=S)NC(=O)C=Cc3ccc(Cl)cc3)sc2c1. The van der Waals surface area contributed by atoms with Crippen LogP contribution in [0.3, 0.4) is 0 Å². The number of nitrogens with zero attached hydrogens (tertiary/aromatic N) is 1. The maximum Gasteiger partial charge on any atom is 0.250 e. The average Bonchev–Trinajstić information content (AvgIpc) is 3.07. The normalized spacial score (nSPS) is 11.1. The summed E-state index contributed by atoms with van der Waals surface area (Å²) in [4.78, 5) is 16.6. The van der Waals surface area contributed by atoms with Crippen molar-refractivity contribution in [2.45, 2.75) is 26.2 Å². The van der Waals surface area contributed by atoms with Gasteiger partial charge in [-0.25, -0.2) is 4.98 Å². The highest BCUT2D eigenvalue weighted by molar-refractivity contribution is 7.80. The summed E-state index contributed by atoms with van der Waals surface area (Å²) in [5.41, 5.74) is 3.11. The van der Waals surface area contributed by atoms with Gasteiger partial charge in [0.1, 0.15) is 0 Å². The second kappa shape index (κ2) is 9.78. The van der Waals surface area contributed by atoms with Crippen LogP contribution in [-0.4, -0.2) is 16.0 Å². The molecule has 0 bridgehead atoms. The molecule has 0 fully saturated rings. The molecule has 1 heterocycles. The van der Waals surface area contributed by atoms with Gasteiger partial charge < -0.3 is 5.32 Å². The molecule has 0 unspecified atom stereocenters. The van der Waals surface area contributed by atoms with Gasteiger partial charge in [-0.2, -0.15) is 0 Å². The molecule has 0 saturated carbocycles. The highest BCUT2D eigenvalue weighted by atomic mass is 35.5. The van der Waals surface area contributed by atoms with Crippen molar-refractivity contribution in [2.24, 2.45) is 0 Å². The van der Waals surface area contributed by atoms with Gasteiger partial charge >= 0.3 is 0 Å². The van der Waals surface area contributed by atoms with Crippen LogP contribution in [0.1, 0.15) is 30.9 Å². The quantitative estimate of drug-likeness (QED) is 0.383. The van der Waals surface area contributed by atoms with Gasteiger partial charge in [0.05, 0.1) is 10.2 Å². The fraction of sp³-hybridized carbons (Fsp3) is 0.190. The summed E-state index contributed by atoms with van der Waals surface area (Å²) >= 11 is 12.6. The fourth-order valence-electron chi connectivity index (χ4n) is 2.59. The number of aromatic nitrogens is 1. The Kier molecular flexibility index (Phi) is 7.14. The van der Waals surface area contributed by atoms with Crippen molar-refractivity contribution < 1.29 is 4.79 Å². The van der Waals surface area contributed by atoms with E-state index in [1.54, 1.807) is 18.2 Å². The van der Waals surface area contributed by atoms with Gasteiger partial charge in [0.25, 0.3) is 0 Å². The molecule has 0 aliphatic carbocycles. The van der Waals surface area contributed by atoms with Crippen LogP contribution in [0.5, 0.6) is 0 Å². The van der Waals surface area contributed by atoms with E-state index in [0.717, 1.165) is 22.2 Å². The molecule has 2 aromatic carbocycles. The second-order valence-corrected chi connectivity index (χ2v) is 8.13. The van der Waals surface area contributed by atoms with Crippen LogP contribution in [0.15, 0.2) is 48.5 Å². The Morgan fingerprint density at radius 2 is 2.04 bits per heavy atom. The zero-order valence-electron chi connectivity index (χ0n) is 15.4. The van der Waals surface area contributed by atoms with Crippen molar-refractivity contribution in [3.05, 3.63) is 64.7 Å². The number of hydrogen-bond donors (Lipinski definition) is 2. The fourth-order valence-corrected chi connectivity index (χ4v) is 3.91. The van der Waals surface area contributed by atoms with Crippen molar-refractivity contribution in [1.82, 2.24) is 10.3 Å². The Hall–Kier alpha value is -2.28. The zero-order valence-corrected chi connectivity index (χ0v) is 17.8. The molecular formula is C21H20ClN3OS2. The number of aryl methyl sites for hydroxylation is 1. The number of anilines is 1. The summed E-state index contributed by atoms with van der Waals surface area (Å²) < 4.78 is 1.10. The number of rotatable bonds is 6. The lowest BCUT2D eigenvalue weighted by Crippen LogP contribution is -2.32. The third-order valence-electron chi connectivity index (χ3n) is 4.03. The number of amides is 1. The lowest BCUT2D eigenvalue weighted by molar-refractivity contribution is -0.115. The van der Waals surface area contributed by atoms with Gasteiger partial charge in [-0.3, -0.25) is 10.1 Å². The van der Waals surface area contributed by atoms with Crippen LogP contribution >= 0.6 is 35.2 Å². The molecule has 144 valence electrons. The number of benzene rings is 2. The molecule has 28 heavy (non-hydrogen) atoms. The van der Waals surface area contributed by atoms with Gasteiger partial charge in [0.2, 0.25) is 5.91 Å². The molecule has 2 N–H and O–H groups in total. The van der Waals surface area contributed by atoms with E-state index in [-0.39, 0.29) is 11.0 Å². The highest BCUT2D eigenvalue weighted by Crippen LogP contribution is 2.27. The predicted octanol–water partition coefficient (Wildman–Crippen LogP) is 5.82. The molecule has 0 spiro atoms. The highest BCUT2D eigenvalue weighted by Gasteiger charge is 2.08. The summed E-state index contributed by atoms with van der Waals surface area (Å²) in [7, 11) is 0. The number of thiocarbonyl (C=S) groups is 1. The van der Waals surface area contributed by atoms with Crippen LogP contribution in [0.25, 0.3) is 16.3 Å². The number of carbonyl (C=O) groups is 1. The van der Waals surface area contributed by atoms with E-state index in [1.165, 1.54) is 35.8 Å². The first kappa shape index (κ1) is 20.5. The minimum absolute atomic E-state index is 0.219. The van der Waals surface area contributed by atoms with Crippen molar-refractivity contribution in [3.63, 3.8) is 0 Å². The zero-order chi connectivity index (χ0) is 19.9. The van der Waals surface area contributed by atoms with Gasteiger partial charge in [-0.05, 0) is 66.5 Å². The minimum atomic E-state index is -0.310. The maximum absolute atomic E-state index is 12.0. The van der Waals surface area contributed by atoms with E-state index < -0.39 is 0 Å². The first-order valence-corrected chi connectivity index (χ1v) is 10.6. The van der Waals surface area contributed by atoms with Crippen molar-refractivity contribution >= 4 is 67.6 Å². The Bertz CT molecular complexity index is 1010. The standard InChI is InChI=1S/C21H20ClN3OS2/c1-2-3-4-15-7-11-17-18(13-15)28-21(23-17)25-20(27)24-19(26)12-8-14-5-9-16(22)10-6-14/h5-13H,2-4H2,1H3,(H2,23,24,25,26,27). The molecule has 1 amide bonds. The number of carbonyl (C=O) groups excluding carboxylic acids is 1. The number of nitrogens with one attached hydrogen (secondary N) is 2.